The molecule has 1 heterocycles. The monoisotopic (exact) mass is 376 g/mol. The molecule has 27 heavy (non-hydrogen) atoms. The maximum atomic E-state index is 12.1. The van der Waals surface area contributed by atoms with E-state index in [4.69, 9.17) is 0 Å². The lowest BCUT2D eigenvalue weighted by molar-refractivity contribution is 0.789. The number of benzene rings is 2. The van der Waals surface area contributed by atoms with Gasteiger partial charge in [-0.05, 0) is 44.4 Å². The Hall–Kier alpha value is -3.04. The number of nitriles is 1. The van der Waals surface area contributed by atoms with E-state index in [-0.39, 0.29) is 11.6 Å². The van der Waals surface area contributed by atoms with Crippen LogP contribution in [0.15, 0.2) is 64.5 Å². The Labute approximate surface area is 162 Å². The molecule has 0 aliphatic carbocycles. The minimum absolute atomic E-state index is 0.0318. The number of nitrogens with zero attached hydrogens (tertiary/aromatic N) is 3. The van der Waals surface area contributed by atoms with Crippen LogP contribution in [0, 0.1) is 11.3 Å². The van der Waals surface area contributed by atoms with Crippen molar-refractivity contribution in [2.24, 2.45) is 0 Å². The van der Waals surface area contributed by atoms with Crippen molar-refractivity contribution < 1.29 is 0 Å². The van der Waals surface area contributed by atoms with E-state index < -0.39 is 5.56 Å². The van der Waals surface area contributed by atoms with Gasteiger partial charge in [-0.1, -0.05) is 42.1 Å². The molecule has 1 N–H and O–H groups in total. The highest BCUT2D eigenvalue weighted by Gasteiger charge is 2.16. The molecule has 0 atom stereocenters. The van der Waals surface area contributed by atoms with E-state index in [2.05, 4.69) is 40.8 Å². The van der Waals surface area contributed by atoms with E-state index in [1.165, 1.54) is 11.8 Å². The van der Waals surface area contributed by atoms with Crippen molar-refractivity contribution in [2.75, 3.05) is 11.2 Å². The third-order valence-corrected chi connectivity index (χ3v) is 4.75. The zero-order valence-corrected chi connectivity index (χ0v) is 16.2. The molecule has 0 amide bonds. The molecular formula is C21H20N4OS. The summed E-state index contributed by atoms with van der Waals surface area (Å²) >= 11 is 1.34. The number of nitrogens with one attached hydrogen (secondary N) is 1. The molecule has 0 saturated heterocycles. The van der Waals surface area contributed by atoms with Crippen molar-refractivity contribution in [1.29, 1.82) is 5.26 Å². The average Bonchev–Trinajstić information content (AvgIpc) is 2.68. The molecular weight excluding hydrogens is 356 g/mol. The van der Waals surface area contributed by atoms with Gasteiger partial charge in [0.05, 0.1) is 5.69 Å². The first-order valence-electron chi connectivity index (χ1n) is 8.58. The first kappa shape index (κ1) is 18.7. The van der Waals surface area contributed by atoms with E-state index in [1.807, 2.05) is 54.8 Å². The first-order valence-corrected chi connectivity index (χ1v) is 9.80. The molecule has 0 fully saturated rings. The fraction of sp³-hybridized carbons (Fsp3) is 0.190. The average molecular weight is 376 g/mol. The minimum atomic E-state index is -0.413. The Morgan fingerprint density at radius 2 is 1.70 bits per heavy atom. The summed E-state index contributed by atoms with van der Waals surface area (Å²) in [5, 5.41) is 9.86. The van der Waals surface area contributed by atoms with Gasteiger partial charge < -0.3 is 9.88 Å². The summed E-state index contributed by atoms with van der Waals surface area (Å²) in [6.07, 6.45) is 1.83. The number of H-pyrrole nitrogens is 1. The number of para-hydroxylation sites is 1. The standard InChI is InChI=1S/C21H20N4OS/c1-14(2)25(16-7-5-4-6-8-16)17-11-9-15(10-12-17)19-18(13-22)20(26)24-21(23-19)27-3/h4-12,14H,1-3H3,(H,23,24,26). The van der Waals surface area contributed by atoms with Crippen molar-refractivity contribution in [3.05, 3.63) is 70.5 Å². The zero-order chi connectivity index (χ0) is 19.4. The molecule has 3 rings (SSSR count). The predicted molar refractivity (Wildman–Crippen MR) is 111 cm³/mol. The van der Waals surface area contributed by atoms with E-state index >= 15 is 0 Å². The lowest BCUT2D eigenvalue weighted by Gasteiger charge is -2.29. The van der Waals surface area contributed by atoms with Crippen LogP contribution in [0.25, 0.3) is 11.3 Å². The van der Waals surface area contributed by atoms with Crippen LogP contribution in [0.4, 0.5) is 11.4 Å². The second-order valence-corrected chi connectivity index (χ2v) is 7.05. The summed E-state index contributed by atoms with van der Waals surface area (Å²) in [4.78, 5) is 21.4. The number of aromatic amines is 1. The maximum Gasteiger partial charge on any atom is 0.270 e. The number of anilines is 2. The molecule has 3 aromatic rings. The lowest BCUT2D eigenvalue weighted by Crippen LogP contribution is -2.25. The van der Waals surface area contributed by atoms with Gasteiger partial charge in [0.25, 0.3) is 5.56 Å². The summed E-state index contributed by atoms with van der Waals surface area (Å²) < 4.78 is 0. The Balaban J connectivity index is 2.05. The SMILES string of the molecule is CSc1nc(-c2ccc(N(c3ccccc3)C(C)C)cc2)c(C#N)c(=O)[nH]1. The summed E-state index contributed by atoms with van der Waals surface area (Å²) in [6.45, 7) is 4.27. The Kier molecular flexibility index (Phi) is 5.63. The molecule has 0 radical (unpaired) electrons. The van der Waals surface area contributed by atoms with Crippen LogP contribution in [0.1, 0.15) is 19.4 Å². The number of rotatable bonds is 5. The van der Waals surface area contributed by atoms with Crippen LogP contribution in [-0.2, 0) is 0 Å². The second-order valence-electron chi connectivity index (χ2n) is 6.26. The highest BCUT2D eigenvalue weighted by atomic mass is 32.2. The maximum absolute atomic E-state index is 12.1. The van der Waals surface area contributed by atoms with Crippen LogP contribution in [0.3, 0.4) is 0 Å². The van der Waals surface area contributed by atoms with Crippen molar-refractivity contribution in [1.82, 2.24) is 9.97 Å². The Morgan fingerprint density at radius 3 is 2.26 bits per heavy atom. The molecule has 136 valence electrons. The van der Waals surface area contributed by atoms with Crippen molar-refractivity contribution in [3.8, 4) is 17.3 Å². The van der Waals surface area contributed by atoms with Gasteiger partial charge in [0.1, 0.15) is 11.6 Å². The van der Waals surface area contributed by atoms with E-state index in [1.54, 1.807) is 0 Å². The molecule has 0 saturated carbocycles. The van der Waals surface area contributed by atoms with Crippen LogP contribution < -0.4 is 10.5 Å². The van der Waals surface area contributed by atoms with E-state index in [0.29, 0.717) is 10.9 Å². The predicted octanol–water partition coefficient (Wildman–Crippen LogP) is 4.58. The molecule has 0 spiro atoms. The fourth-order valence-corrected chi connectivity index (χ4v) is 3.35. The molecule has 1 aromatic heterocycles. The zero-order valence-electron chi connectivity index (χ0n) is 15.4. The lowest BCUT2D eigenvalue weighted by atomic mass is 10.1. The molecule has 6 heteroatoms. The minimum Gasteiger partial charge on any atom is -0.339 e. The smallest absolute Gasteiger partial charge is 0.270 e. The van der Waals surface area contributed by atoms with Gasteiger partial charge in [-0.3, -0.25) is 4.79 Å². The molecule has 5 nitrogen and oxygen atoms in total. The molecule has 0 aliphatic heterocycles. The first-order chi connectivity index (χ1) is 13.0. The Bertz CT molecular complexity index is 1020. The quantitative estimate of drug-likeness (QED) is 0.521. The van der Waals surface area contributed by atoms with Gasteiger partial charge in [-0.25, -0.2) is 4.98 Å². The third kappa shape index (κ3) is 3.88. The van der Waals surface area contributed by atoms with Crippen molar-refractivity contribution in [3.63, 3.8) is 0 Å². The highest BCUT2D eigenvalue weighted by Crippen LogP contribution is 2.30. The normalized spacial score (nSPS) is 10.6. The largest absolute Gasteiger partial charge is 0.339 e. The van der Waals surface area contributed by atoms with Crippen molar-refractivity contribution in [2.45, 2.75) is 25.0 Å². The van der Waals surface area contributed by atoms with Gasteiger partial charge in [-0.2, -0.15) is 5.26 Å². The van der Waals surface area contributed by atoms with Crippen LogP contribution in [0.2, 0.25) is 0 Å². The van der Waals surface area contributed by atoms with Gasteiger partial charge in [0.15, 0.2) is 5.16 Å². The summed E-state index contributed by atoms with van der Waals surface area (Å²) in [6, 6.07) is 20.2. The molecule has 2 aromatic carbocycles. The Morgan fingerprint density at radius 1 is 1.07 bits per heavy atom. The molecule has 0 bridgehead atoms. The number of aromatic nitrogens is 2. The number of hydrogen-bond acceptors (Lipinski definition) is 5. The number of thioether (sulfide) groups is 1. The van der Waals surface area contributed by atoms with E-state index in [0.717, 1.165) is 16.9 Å². The summed E-state index contributed by atoms with van der Waals surface area (Å²) in [5.74, 6) is 0. The third-order valence-electron chi connectivity index (χ3n) is 4.17. The highest BCUT2D eigenvalue weighted by molar-refractivity contribution is 7.98. The molecule has 0 aliphatic rings. The van der Waals surface area contributed by atoms with Gasteiger partial charge in [-0.15, -0.1) is 0 Å². The second kappa shape index (κ2) is 8.11. The fourth-order valence-electron chi connectivity index (χ4n) is 2.98. The van der Waals surface area contributed by atoms with Crippen molar-refractivity contribution >= 4 is 23.1 Å². The summed E-state index contributed by atoms with van der Waals surface area (Å²) in [5.41, 5.74) is 2.92. The topological polar surface area (TPSA) is 72.8 Å². The van der Waals surface area contributed by atoms with Gasteiger partial charge in [0, 0.05) is 23.0 Å². The van der Waals surface area contributed by atoms with Gasteiger partial charge >= 0.3 is 0 Å². The van der Waals surface area contributed by atoms with Crippen LogP contribution in [-0.4, -0.2) is 22.3 Å². The summed E-state index contributed by atoms with van der Waals surface area (Å²) in [7, 11) is 0. The van der Waals surface area contributed by atoms with Crippen LogP contribution in [0.5, 0.6) is 0 Å². The van der Waals surface area contributed by atoms with Crippen LogP contribution >= 0.6 is 11.8 Å². The van der Waals surface area contributed by atoms with E-state index in [9.17, 15) is 10.1 Å². The number of hydrogen-bond donors (Lipinski definition) is 1. The molecule has 0 unspecified atom stereocenters. The van der Waals surface area contributed by atoms with Gasteiger partial charge in [0.2, 0.25) is 0 Å².